The van der Waals surface area contributed by atoms with Crippen LogP contribution in [0.25, 0.3) is 16.7 Å². The van der Waals surface area contributed by atoms with Crippen LogP contribution in [0.1, 0.15) is 87.4 Å². The van der Waals surface area contributed by atoms with Gasteiger partial charge in [0.2, 0.25) is 5.91 Å². The van der Waals surface area contributed by atoms with Gasteiger partial charge >= 0.3 is 13.5 Å². The number of carbonyl (C=O) groups excluding carboxylic acids is 5. The van der Waals surface area contributed by atoms with Gasteiger partial charge in [0.05, 0.1) is 24.8 Å². The van der Waals surface area contributed by atoms with Gasteiger partial charge in [-0.2, -0.15) is 0 Å². The van der Waals surface area contributed by atoms with Crippen LogP contribution < -0.4 is 20.2 Å². The number of methoxy groups -OCH3 is 1. The average Bonchev–Trinajstić information content (AvgIpc) is 3.83. The lowest BCUT2D eigenvalue weighted by Gasteiger charge is -2.45. The van der Waals surface area contributed by atoms with E-state index in [9.17, 15) is 29.1 Å². The first-order valence-corrected chi connectivity index (χ1v) is 25.0. The molecule has 3 aliphatic rings. The molecular weight excluding hydrogens is 839 g/mol. The zero-order valence-electron chi connectivity index (χ0n) is 38.5. The highest BCUT2D eigenvalue weighted by atomic mass is 28.4. The molecule has 4 aromatic carbocycles. The smallest absolute Gasteiger partial charge is 0.407 e. The number of nitrogens with zero attached hydrogens (tertiary/aromatic N) is 2. The van der Waals surface area contributed by atoms with E-state index >= 15 is 0 Å². The summed E-state index contributed by atoms with van der Waals surface area (Å²) in [5.74, 6) is -2.11. The molecule has 4 aromatic rings. The van der Waals surface area contributed by atoms with Crippen molar-refractivity contribution in [1.82, 2.24) is 10.2 Å². The number of anilines is 2. The minimum absolute atomic E-state index is 0.0974. The molecule has 0 saturated carbocycles. The van der Waals surface area contributed by atoms with E-state index in [1.807, 2.05) is 62.4 Å². The quantitative estimate of drug-likeness (QED) is 0.0777. The number of rotatable bonds is 15. The number of nitrogens with one attached hydrogen (secondary N) is 2. The number of Topliss-reactive ketones (excluding diaryl/α,β-unsaturated/α-hetero) is 1. The fraction of sp³-hybridized carbons (Fsp3) is 0.380. The SMILES string of the molecule is COc1cc2c(cc1O)N([B]C=O)[C@@H](O[Si](C)(C)C(C)(C)C)[C@@H]1CC(c3ccc(NC(=O)[C@H](C)CC(=O)[C@@H](NC(=O)OCC4c5ccccc5-c5ccccc54)C(C)C)cc3)=CN1C2=O. The number of carbonyl (C=O) groups is 5. The molecule has 65 heavy (non-hydrogen) atoms. The Labute approximate surface area is 382 Å². The number of benzene rings is 4. The lowest BCUT2D eigenvalue weighted by atomic mass is 9.90. The number of ether oxygens (including phenoxy) is 2. The molecule has 0 spiro atoms. The van der Waals surface area contributed by atoms with Gasteiger partial charge < -0.3 is 44.1 Å². The van der Waals surface area contributed by atoms with Crippen LogP contribution in [0.5, 0.6) is 11.5 Å². The highest BCUT2D eigenvalue weighted by Crippen LogP contribution is 2.47. The highest BCUT2D eigenvalue weighted by molar-refractivity contribution is 6.74. The normalized spacial score (nSPS) is 17.8. The summed E-state index contributed by atoms with van der Waals surface area (Å²) in [5, 5.41) is 16.3. The molecule has 0 fully saturated rings. The number of amides is 3. The number of fused-ring (bicyclic) bond motifs is 5. The third-order valence-corrected chi connectivity index (χ3v) is 17.7. The summed E-state index contributed by atoms with van der Waals surface area (Å²) in [6.07, 6.45) is 1.26. The molecule has 15 heteroatoms. The van der Waals surface area contributed by atoms with Gasteiger partial charge in [0.1, 0.15) is 19.0 Å². The third-order valence-electron chi connectivity index (χ3n) is 13.3. The monoisotopic (exact) mass is 897 g/mol. The summed E-state index contributed by atoms with van der Waals surface area (Å²) >= 11 is 0. The van der Waals surface area contributed by atoms with Crippen molar-refractivity contribution in [2.45, 2.75) is 96.7 Å². The molecule has 0 unspecified atom stereocenters. The second kappa shape index (κ2) is 18.7. The first kappa shape index (κ1) is 46.8. The van der Waals surface area contributed by atoms with Crippen LogP contribution >= 0.6 is 0 Å². The van der Waals surface area contributed by atoms with Gasteiger partial charge in [-0.05, 0) is 82.1 Å². The Kier molecular flexibility index (Phi) is 13.5. The van der Waals surface area contributed by atoms with Crippen molar-refractivity contribution in [2.75, 3.05) is 23.8 Å². The summed E-state index contributed by atoms with van der Waals surface area (Å²) in [6.45, 7) is 16.0. The predicted octanol–water partition coefficient (Wildman–Crippen LogP) is 8.73. The predicted molar refractivity (Wildman–Crippen MR) is 255 cm³/mol. The average molecular weight is 898 g/mol. The Balaban J connectivity index is 1.01. The maximum absolute atomic E-state index is 14.4. The molecule has 2 heterocycles. The van der Waals surface area contributed by atoms with Crippen molar-refractivity contribution in [2.24, 2.45) is 11.8 Å². The van der Waals surface area contributed by atoms with Crippen molar-refractivity contribution >= 4 is 62.6 Å². The Hall–Kier alpha value is -6.19. The Morgan fingerprint density at radius 1 is 0.938 bits per heavy atom. The largest absolute Gasteiger partial charge is 0.504 e. The van der Waals surface area contributed by atoms with Gasteiger partial charge in [-0.3, -0.25) is 14.4 Å². The van der Waals surface area contributed by atoms with E-state index in [-0.39, 0.29) is 64.6 Å². The molecule has 1 radical (unpaired) electrons. The summed E-state index contributed by atoms with van der Waals surface area (Å²) < 4.78 is 18.1. The highest BCUT2D eigenvalue weighted by Gasteiger charge is 2.49. The molecule has 3 N–H and O–H groups in total. The Bertz CT molecular complexity index is 2470. The van der Waals surface area contributed by atoms with Gasteiger partial charge in [-0.15, -0.1) is 0 Å². The fourth-order valence-electron chi connectivity index (χ4n) is 8.63. The zero-order valence-corrected chi connectivity index (χ0v) is 39.5. The summed E-state index contributed by atoms with van der Waals surface area (Å²) in [6, 6.07) is 24.9. The lowest BCUT2D eigenvalue weighted by molar-refractivity contribution is -0.127. The molecule has 13 nitrogen and oxygen atoms in total. The number of hydrogen-bond acceptors (Lipinski definition) is 10. The van der Waals surface area contributed by atoms with Gasteiger partial charge in [0, 0.05) is 41.9 Å². The molecule has 0 bridgehead atoms. The standard InChI is InChI=1S/C50H58BN4O9Si/c1-29(2)45(53-49(61)63-27-39-36-16-12-10-14-34(36)35-15-11-13-17-37(35)39)43(58)22-30(3)46(59)52-33-20-18-31(19-21-33)32-23-41-48(64-65(8,9)50(4,5)6)55(51-28-56)40-25-42(57)44(62-7)24-38(40)47(60)54(41)26-32/h10-21,24-26,28-30,39,41,45,48,57H,22-23,27H2,1-9H3,(H,52,59)(H,53,61)/t30-,41+,45+,48+/m1/s1. The Morgan fingerprint density at radius 3 is 2.15 bits per heavy atom. The van der Waals surface area contributed by atoms with Gasteiger partial charge in [-0.25, -0.2) is 4.79 Å². The van der Waals surface area contributed by atoms with Crippen LogP contribution in [0.15, 0.2) is 91.1 Å². The molecule has 0 aromatic heterocycles. The molecule has 3 amide bonds. The number of ketones is 1. The molecule has 0 saturated heterocycles. The van der Waals surface area contributed by atoms with Crippen LogP contribution in [0.2, 0.25) is 18.1 Å². The minimum Gasteiger partial charge on any atom is -0.504 e. The number of hydrogen-bond donors (Lipinski definition) is 3. The van der Waals surface area contributed by atoms with Crippen molar-refractivity contribution in [1.29, 1.82) is 0 Å². The topological polar surface area (TPSA) is 164 Å². The third kappa shape index (κ3) is 9.48. The number of alkyl carbamates (subject to hydrolysis) is 1. The van der Waals surface area contributed by atoms with E-state index in [0.717, 1.165) is 33.4 Å². The van der Waals surface area contributed by atoms with E-state index < -0.39 is 38.6 Å². The number of phenols is 1. The summed E-state index contributed by atoms with van der Waals surface area (Å²) in [5.41, 5.74) is 7.15. The molecule has 1 aliphatic carbocycles. The van der Waals surface area contributed by atoms with Crippen molar-refractivity contribution in [3.8, 4) is 22.6 Å². The minimum atomic E-state index is -2.52. The van der Waals surface area contributed by atoms with Crippen LogP contribution in [-0.4, -0.2) is 87.6 Å². The second-order valence-corrected chi connectivity index (χ2v) is 23.7. The van der Waals surface area contributed by atoms with Gasteiger partial charge in [0.15, 0.2) is 25.6 Å². The molecule has 4 atom stereocenters. The number of phenolic OH excluding ortho intramolecular Hbond substituents is 1. The summed E-state index contributed by atoms with van der Waals surface area (Å²) in [4.78, 5) is 70.1. The van der Waals surface area contributed by atoms with Crippen molar-refractivity contribution < 1.29 is 43.0 Å². The first-order valence-electron chi connectivity index (χ1n) is 22.1. The second-order valence-electron chi connectivity index (χ2n) is 19.0. The molecular formula is C50H58BN4O9Si. The zero-order chi connectivity index (χ0) is 47.0. The molecule has 2 aliphatic heterocycles. The van der Waals surface area contributed by atoms with Crippen molar-refractivity contribution in [3.63, 3.8) is 0 Å². The Morgan fingerprint density at radius 2 is 1.57 bits per heavy atom. The number of aromatic hydroxyl groups is 1. The van der Waals surface area contributed by atoms with Crippen LogP contribution in [0, 0.1) is 11.8 Å². The van der Waals surface area contributed by atoms with Gasteiger partial charge in [-0.1, -0.05) is 102 Å². The molecule has 7 rings (SSSR count). The maximum Gasteiger partial charge on any atom is 0.407 e. The van der Waals surface area contributed by atoms with E-state index in [0.29, 0.717) is 24.0 Å². The first-order chi connectivity index (χ1) is 30.8. The van der Waals surface area contributed by atoms with E-state index in [2.05, 4.69) is 56.6 Å². The van der Waals surface area contributed by atoms with E-state index in [1.165, 1.54) is 26.7 Å². The van der Waals surface area contributed by atoms with E-state index in [1.54, 1.807) is 35.0 Å². The maximum atomic E-state index is 14.4. The van der Waals surface area contributed by atoms with Crippen molar-refractivity contribution in [3.05, 3.63) is 113 Å². The summed E-state index contributed by atoms with van der Waals surface area (Å²) in [7, 11) is 0.222. The van der Waals surface area contributed by atoms with Crippen LogP contribution in [0.3, 0.4) is 0 Å². The fourth-order valence-corrected chi connectivity index (χ4v) is 9.86. The molecule has 339 valence electrons. The van der Waals surface area contributed by atoms with Gasteiger partial charge in [0.25, 0.3) is 5.91 Å². The van der Waals surface area contributed by atoms with E-state index in [4.69, 9.17) is 13.9 Å². The lowest BCUT2D eigenvalue weighted by Crippen LogP contribution is -2.57. The van der Waals surface area contributed by atoms with Crippen LogP contribution in [-0.2, 0) is 23.5 Å². The van der Waals surface area contributed by atoms with Crippen LogP contribution in [0.4, 0.5) is 16.2 Å².